The number of phenols is 2. The molecule has 7 heteroatoms. The predicted molar refractivity (Wildman–Crippen MR) is 98.5 cm³/mol. The third-order valence-electron chi connectivity index (χ3n) is 4.88. The van der Waals surface area contributed by atoms with Gasteiger partial charge in [0.05, 0.1) is 0 Å². The molecule has 0 saturated heterocycles. The fourth-order valence-electron chi connectivity index (χ4n) is 3.23. The van der Waals surface area contributed by atoms with Gasteiger partial charge in [0.15, 0.2) is 11.5 Å². The minimum atomic E-state index is -1.14. The molecule has 27 heavy (non-hydrogen) atoms. The van der Waals surface area contributed by atoms with E-state index >= 15 is 0 Å². The van der Waals surface area contributed by atoms with Crippen molar-refractivity contribution < 1.29 is 30.0 Å². The van der Waals surface area contributed by atoms with Gasteiger partial charge in [-0.15, -0.1) is 0 Å². The lowest BCUT2D eigenvalue weighted by Crippen LogP contribution is -2.49. The zero-order valence-electron chi connectivity index (χ0n) is 16.5. The smallest absolute Gasteiger partial charge is 0.157 e. The molecule has 0 aliphatic carbocycles. The van der Waals surface area contributed by atoms with Gasteiger partial charge in [0.1, 0.15) is 0 Å². The largest absolute Gasteiger partial charge is 0.550 e. The van der Waals surface area contributed by atoms with Crippen molar-refractivity contribution in [3.8, 4) is 11.5 Å². The van der Waals surface area contributed by atoms with Crippen LogP contribution in [0.15, 0.2) is 18.2 Å². The van der Waals surface area contributed by atoms with Crippen LogP contribution < -0.4 is 15.9 Å². The molecule has 0 bridgehead atoms. The SMILES string of the molecule is CC(C)C(CCCC(=O)[O-])(C(=O)[O-])C(C)C.NCCc1ccc(O)c(O)c1. The van der Waals surface area contributed by atoms with Gasteiger partial charge in [0, 0.05) is 17.4 Å². The molecule has 1 aromatic rings. The highest BCUT2D eigenvalue weighted by Gasteiger charge is 2.37. The number of carboxylic acids is 2. The van der Waals surface area contributed by atoms with Crippen molar-refractivity contribution in [1.29, 1.82) is 0 Å². The molecule has 0 spiro atoms. The summed E-state index contributed by atoms with van der Waals surface area (Å²) in [7, 11) is 0. The molecule has 0 fully saturated rings. The zero-order chi connectivity index (χ0) is 21.2. The number of carbonyl (C=O) groups excluding carboxylic acids is 2. The van der Waals surface area contributed by atoms with Crippen LogP contribution in [0.5, 0.6) is 11.5 Å². The Morgan fingerprint density at radius 1 is 1.07 bits per heavy atom. The molecular formula is C20H31NO6-2. The van der Waals surface area contributed by atoms with Gasteiger partial charge < -0.3 is 35.7 Å². The van der Waals surface area contributed by atoms with Gasteiger partial charge >= 0.3 is 0 Å². The van der Waals surface area contributed by atoms with Gasteiger partial charge in [0.25, 0.3) is 0 Å². The fourth-order valence-corrected chi connectivity index (χ4v) is 3.23. The second-order valence-electron chi connectivity index (χ2n) is 7.22. The lowest BCUT2D eigenvalue weighted by atomic mass is 9.66. The monoisotopic (exact) mass is 381 g/mol. The van der Waals surface area contributed by atoms with Gasteiger partial charge in [-0.1, -0.05) is 33.8 Å². The van der Waals surface area contributed by atoms with E-state index in [9.17, 15) is 19.8 Å². The Kier molecular flexibility index (Phi) is 10.5. The minimum absolute atomic E-state index is 0.0840. The topological polar surface area (TPSA) is 147 Å². The Labute approximate surface area is 160 Å². The summed E-state index contributed by atoms with van der Waals surface area (Å²) >= 11 is 0. The molecule has 0 aliphatic heterocycles. The van der Waals surface area contributed by atoms with Gasteiger partial charge in [-0.2, -0.15) is 0 Å². The molecule has 4 N–H and O–H groups in total. The maximum atomic E-state index is 11.3. The van der Waals surface area contributed by atoms with Crippen LogP contribution in [0, 0.1) is 17.3 Å². The summed E-state index contributed by atoms with van der Waals surface area (Å²) in [4.78, 5) is 21.6. The van der Waals surface area contributed by atoms with Gasteiger partial charge in [-0.3, -0.25) is 0 Å². The average molecular weight is 381 g/mol. The highest BCUT2D eigenvalue weighted by atomic mass is 16.4. The lowest BCUT2D eigenvalue weighted by molar-refractivity contribution is -0.325. The third-order valence-corrected chi connectivity index (χ3v) is 4.88. The third kappa shape index (κ3) is 7.46. The van der Waals surface area contributed by atoms with Crippen molar-refractivity contribution in [2.24, 2.45) is 23.0 Å². The summed E-state index contributed by atoms with van der Waals surface area (Å²) in [5, 5.41) is 39.6. The van der Waals surface area contributed by atoms with Crippen molar-refractivity contribution in [3.63, 3.8) is 0 Å². The zero-order valence-corrected chi connectivity index (χ0v) is 16.5. The number of rotatable bonds is 9. The van der Waals surface area contributed by atoms with Gasteiger partial charge in [-0.05, 0) is 61.8 Å². The van der Waals surface area contributed by atoms with Crippen molar-refractivity contribution in [2.75, 3.05) is 6.54 Å². The summed E-state index contributed by atoms with van der Waals surface area (Å²) in [5.41, 5.74) is 5.29. The van der Waals surface area contributed by atoms with Crippen molar-refractivity contribution >= 4 is 11.9 Å². The number of hydrogen-bond acceptors (Lipinski definition) is 7. The van der Waals surface area contributed by atoms with Crippen LogP contribution in [0.1, 0.15) is 52.5 Å². The van der Waals surface area contributed by atoms with E-state index < -0.39 is 17.4 Å². The number of carboxylic acid groups (broad SMARTS) is 2. The van der Waals surface area contributed by atoms with Gasteiger partial charge in [-0.25, -0.2) is 0 Å². The summed E-state index contributed by atoms with van der Waals surface area (Å²) in [6.45, 7) is 7.86. The van der Waals surface area contributed by atoms with Crippen LogP contribution in [0.25, 0.3) is 0 Å². The molecule has 154 valence electrons. The van der Waals surface area contributed by atoms with E-state index in [2.05, 4.69) is 0 Å². The highest BCUT2D eigenvalue weighted by Crippen LogP contribution is 2.40. The summed E-state index contributed by atoms with van der Waals surface area (Å²) < 4.78 is 0. The van der Waals surface area contributed by atoms with E-state index in [1.807, 2.05) is 27.7 Å². The van der Waals surface area contributed by atoms with E-state index in [1.54, 1.807) is 6.07 Å². The fraction of sp³-hybridized carbons (Fsp3) is 0.600. The Bertz CT molecular complexity index is 604. The Morgan fingerprint density at radius 3 is 2.00 bits per heavy atom. The highest BCUT2D eigenvalue weighted by molar-refractivity contribution is 5.73. The molecular weight excluding hydrogens is 350 g/mol. The van der Waals surface area contributed by atoms with E-state index in [0.29, 0.717) is 25.8 Å². The van der Waals surface area contributed by atoms with E-state index in [-0.39, 0.29) is 29.8 Å². The predicted octanol–water partition coefficient (Wildman–Crippen LogP) is 0.554. The number of carbonyl (C=O) groups is 2. The number of aliphatic carboxylic acids is 2. The molecule has 0 aliphatic rings. The molecule has 0 heterocycles. The van der Waals surface area contributed by atoms with Crippen molar-refractivity contribution in [2.45, 2.75) is 53.4 Å². The second kappa shape index (κ2) is 11.4. The van der Waals surface area contributed by atoms with E-state index in [0.717, 1.165) is 5.56 Å². The second-order valence-corrected chi connectivity index (χ2v) is 7.22. The molecule has 0 aromatic heterocycles. The van der Waals surface area contributed by atoms with E-state index in [1.165, 1.54) is 12.1 Å². The summed E-state index contributed by atoms with van der Waals surface area (Å²) in [6.07, 6.45) is 1.24. The molecule has 1 rings (SSSR count). The van der Waals surface area contributed by atoms with E-state index in [4.69, 9.17) is 15.9 Å². The number of benzene rings is 1. The maximum Gasteiger partial charge on any atom is 0.157 e. The van der Waals surface area contributed by atoms with Gasteiger partial charge in [0.2, 0.25) is 0 Å². The van der Waals surface area contributed by atoms with Crippen LogP contribution in [-0.2, 0) is 16.0 Å². The summed E-state index contributed by atoms with van der Waals surface area (Å²) in [6, 6.07) is 4.71. The average Bonchev–Trinajstić information content (AvgIpc) is 2.54. The Balaban J connectivity index is 0.000000533. The van der Waals surface area contributed by atoms with Crippen LogP contribution in [0.3, 0.4) is 0 Å². The standard InChI is InChI=1S/C12H22O4.C8H11NO2/c1-8(2)12(9(3)4,11(15)16)7-5-6-10(13)14;9-4-3-6-1-2-7(10)8(11)5-6/h8-9H,5-7H2,1-4H3,(H,13,14)(H,15,16);1-2,5,10-11H,3-4,9H2/p-2. The molecule has 7 nitrogen and oxygen atoms in total. The molecule has 0 unspecified atom stereocenters. The number of nitrogens with two attached hydrogens (primary N) is 1. The first-order chi connectivity index (χ1) is 12.5. The quantitative estimate of drug-likeness (QED) is 0.529. The van der Waals surface area contributed by atoms with Crippen LogP contribution >= 0.6 is 0 Å². The molecule has 0 radical (unpaired) electrons. The first-order valence-corrected chi connectivity index (χ1v) is 9.11. The molecule has 1 aromatic carbocycles. The number of aromatic hydroxyl groups is 2. The van der Waals surface area contributed by atoms with Crippen molar-refractivity contribution in [1.82, 2.24) is 0 Å². The Hall–Kier alpha value is -2.28. The Morgan fingerprint density at radius 2 is 1.63 bits per heavy atom. The molecule has 0 atom stereocenters. The summed E-state index contributed by atoms with van der Waals surface area (Å²) in [5.74, 6) is -2.57. The first kappa shape index (κ1) is 24.7. The molecule has 0 saturated carbocycles. The molecule has 0 amide bonds. The van der Waals surface area contributed by atoms with Crippen LogP contribution in [0.4, 0.5) is 0 Å². The normalized spacial score (nSPS) is 11.2. The number of hydrogen-bond donors (Lipinski definition) is 3. The maximum absolute atomic E-state index is 11.3. The van der Waals surface area contributed by atoms with Crippen molar-refractivity contribution in [3.05, 3.63) is 23.8 Å². The van der Waals surface area contributed by atoms with Crippen LogP contribution in [0.2, 0.25) is 0 Å². The first-order valence-electron chi connectivity index (χ1n) is 9.11. The number of phenolic OH excluding ortho intramolecular Hbond substituents is 2. The lowest BCUT2D eigenvalue weighted by Gasteiger charge is -2.42. The minimum Gasteiger partial charge on any atom is -0.550 e. The van der Waals surface area contributed by atoms with Crippen LogP contribution in [-0.4, -0.2) is 28.7 Å².